The second kappa shape index (κ2) is 10.1. The molecular weight excluding hydrogens is 498 g/mol. The molecule has 2 aromatic rings. The number of anilines is 1. The maximum absolute atomic E-state index is 12.9. The van der Waals surface area contributed by atoms with Crippen LogP contribution in [-0.4, -0.2) is 73.9 Å². The van der Waals surface area contributed by atoms with E-state index in [1.807, 2.05) is 22.9 Å². The van der Waals surface area contributed by atoms with E-state index in [2.05, 4.69) is 11.1 Å². The minimum absolute atomic E-state index is 0.131. The van der Waals surface area contributed by atoms with Gasteiger partial charge in [-0.05, 0) is 85.3 Å². The third kappa shape index (κ3) is 6.54. The number of hydrogen-bond donors (Lipinski definition) is 1. The fourth-order valence-corrected chi connectivity index (χ4v) is 5.02. The van der Waals surface area contributed by atoms with Crippen molar-refractivity contribution in [2.45, 2.75) is 96.5 Å². The van der Waals surface area contributed by atoms with E-state index in [9.17, 15) is 14.7 Å². The average molecular weight is 540 g/mol. The molecule has 1 saturated heterocycles. The summed E-state index contributed by atoms with van der Waals surface area (Å²) in [5.74, 6) is 1.47. The number of carbonyl (C=O) groups is 2. The van der Waals surface area contributed by atoms with Crippen molar-refractivity contribution >= 4 is 18.0 Å². The lowest BCUT2D eigenvalue weighted by Crippen LogP contribution is -2.51. The maximum atomic E-state index is 12.9. The van der Waals surface area contributed by atoms with Crippen molar-refractivity contribution < 1.29 is 24.2 Å². The maximum Gasteiger partial charge on any atom is 0.419 e. The number of imide groups is 1. The molecule has 0 aromatic carbocycles. The highest BCUT2D eigenvalue weighted by atomic mass is 16.6. The summed E-state index contributed by atoms with van der Waals surface area (Å²) in [6.07, 6.45) is 4.32. The van der Waals surface area contributed by atoms with Crippen molar-refractivity contribution in [2.24, 2.45) is 5.92 Å². The first-order valence-electron chi connectivity index (χ1n) is 14.0. The molecule has 3 fully saturated rings. The van der Waals surface area contributed by atoms with Crippen molar-refractivity contribution in [1.82, 2.24) is 19.7 Å². The first kappa shape index (κ1) is 27.4. The average Bonchev–Trinajstić information content (AvgIpc) is 3.52. The molecule has 10 heteroatoms. The summed E-state index contributed by atoms with van der Waals surface area (Å²) >= 11 is 0. The van der Waals surface area contributed by atoms with E-state index in [0.29, 0.717) is 19.0 Å². The molecule has 0 radical (unpaired) electrons. The molecule has 1 N–H and O–H groups in total. The first-order chi connectivity index (χ1) is 18.3. The van der Waals surface area contributed by atoms with Gasteiger partial charge in [-0.25, -0.2) is 19.5 Å². The van der Waals surface area contributed by atoms with Gasteiger partial charge in [0.2, 0.25) is 0 Å². The van der Waals surface area contributed by atoms with Crippen LogP contribution in [0.4, 0.5) is 15.4 Å². The molecule has 2 amide bonds. The fourth-order valence-electron chi connectivity index (χ4n) is 5.02. The van der Waals surface area contributed by atoms with Crippen LogP contribution in [0.2, 0.25) is 0 Å². The zero-order valence-corrected chi connectivity index (χ0v) is 23.9. The highest BCUT2D eigenvalue weighted by Gasteiger charge is 2.40. The summed E-state index contributed by atoms with van der Waals surface area (Å²) in [7, 11) is 0. The van der Waals surface area contributed by atoms with Gasteiger partial charge in [0, 0.05) is 37.3 Å². The normalized spacial score (nSPS) is 21.7. The van der Waals surface area contributed by atoms with Crippen molar-refractivity contribution in [1.29, 1.82) is 0 Å². The SMILES string of the molecule is CC(C)(C)OC(=O)N(CC1CC(n2cc(-c3cccc(N4CC(O)C4)n3)c(C3CC3)n2)C1)C(=O)OC(C)(C)C. The number of amides is 2. The Hall–Kier alpha value is -3.14. The lowest BCUT2D eigenvalue weighted by atomic mass is 9.80. The number of rotatable bonds is 6. The molecule has 0 bridgehead atoms. The van der Waals surface area contributed by atoms with Gasteiger partial charge >= 0.3 is 12.2 Å². The van der Waals surface area contributed by atoms with Crippen molar-refractivity contribution in [3.05, 3.63) is 30.1 Å². The zero-order valence-electron chi connectivity index (χ0n) is 23.9. The molecule has 3 heterocycles. The predicted octanol–water partition coefficient (Wildman–Crippen LogP) is 5.13. The Labute approximate surface area is 230 Å². The van der Waals surface area contributed by atoms with Crippen LogP contribution < -0.4 is 4.90 Å². The van der Waals surface area contributed by atoms with Gasteiger partial charge < -0.3 is 19.5 Å². The smallest absolute Gasteiger partial charge is 0.419 e. The van der Waals surface area contributed by atoms with Crippen LogP contribution in [0, 0.1) is 5.92 Å². The molecule has 2 aromatic heterocycles. The standard InChI is InChI=1S/C29H41N5O5/c1-28(2,3)38-26(36)33(27(37)39-29(4,5)6)14-18-12-20(13-18)34-17-22(25(31-34)19-10-11-19)23-8-7-9-24(30-23)32-15-21(35)16-32/h7-9,17-21,35H,10-16H2,1-6H3. The third-order valence-corrected chi connectivity index (χ3v) is 7.17. The van der Waals surface area contributed by atoms with Gasteiger partial charge in [0.25, 0.3) is 0 Å². The van der Waals surface area contributed by atoms with Crippen molar-refractivity contribution in [3.63, 3.8) is 0 Å². The molecule has 5 rings (SSSR count). The molecule has 10 nitrogen and oxygen atoms in total. The molecule has 212 valence electrons. The van der Waals surface area contributed by atoms with Crippen LogP contribution >= 0.6 is 0 Å². The lowest BCUT2D eigenvalue weighted by molar-refractivity contribution is -0.00642. The number of carbonyl (C=O) groups excluding carboxylic acids is 2. The van der Waals surface area contributed by atoms with Crippen LogP contribution in [0.15, 0.2) is 24.4 Å². The second-order valence-corrected chi connectivity index (χ2v) is 13.2. The van der Waals surface area contributed by atoms with E-state index in [0.717, 1.165) is 53.4 Å². The van der Waals surface area contributed by atoms with E-state index in [1.54, 1.807) is 41.5 Å². The zero-order chi connectivity index (χ0) is 28.1. The summed E-state index contributed by atoms with van der Waals surface area (Å²) in [5.41, 5.74) is 1.62. The highest BCUT2D eigenvalue weighted by molar-refractivity contribution is 5.88. The van der Waals surface area contributed by atoms with Crippen LogP contribution in [0.5, 0.6) is 0 Å². The number of aromatic nitrogens is 3. The summed E-state index contributed by atoms with van der Waals surface area (Å²) < 4.78 is 13.1. The van der Waals surface area contributed by atoms with E-state index in [4.69, 9.17) is 19.6 Å². The molecular formula is C29H41N5O5. The Morgan fingerprint density at radius 3 is 2.18 bits per heavy atom. The third-order valence-electron chi connectivity index (χ3n) is 7.17. The molecule has 0 spiro atoms. The van der Waals surface area contributed by atoms with Crippen LogP contribution in [-0.2, 0) is 9.47 Å². The van der Waals surface area contributed by atoms with Gasteiger partial charge in [-0.3, -0.25) is 4.68 Å². The molecule has 39 heavy (non-hydrogen) atoms. The summed E-state index contributed by atoms with van der Waals surface area (Å²) in [6.45, 7) is 12.1. The number of aliphatic hydroxyl groups excluding tert-OH is 1. The summed E-state index contributed by atoms with van der Waals surface area (Å²) in [5, 5.41) is 14.7. The van der Waals surface area contributed by atoms with Crippen LogP contribution in [0.1, 0.15) is 84.9 Å². The molecule has 3 aliphatic rings. The molecule has 2 saturated carbocycles. The van der Waals surface area contributed by atoms with Gasteiger partial charge in [-0.2, -0.15) is 5.10 Å². The Kier molecular flexibility index (Phi) is 7.11. The predicted molar refractivity (Wildman–Crippen MR) is 147 cm³/mol. The van der Waals surface area contributed by atoms with Gasteiger partial charge in [0.05, 0.1) is 23.5 Å². The Morgan fingerprint density at radius 1 is 1.03 bits per heavy atom. The summed E-state index contributed by atoms with van der Waals surface area (Å²) in [4.78, 5) is 33.8. The summed E-state index contributed by atoms with van der Waals surface area (Å²) in [6, 6.07) is 6.20. The topological polar surface area (TPSA) is 110 Å². The molecule has 0 atom stereocenters. The van der Waals surface area contributed by atoms with E-state index in [-0.39, 0.29) is 24.6 Å². The van der Waals surface area contributed by atoms with Gasteiger partial charge in [-0.15, -0.1) is 0 Å². The van der Waals surface area contributed by atoms with Crippen molar-refractivity contribution in [3.8, 4) is 11.3 Å². The van der Waals surface area contributed by atoms with Crippen LogP contribution in [0.3, 0.4) is 0 Å². The van der Waals surface area contributed by atoms with Crippen molar-refractivity contribution in [2.75, 3.05) is 24.5 Å². The number of ether oxygens (including phenoxy) is 2. The largest absolute Gasteiger partial charge is 0.443 e. The minimum Gasteiger partial charge on any atom is -0.443 e. The lowest BCUT2D eigenvalue weighted by Gasteiger charge is -2.38. The second-order valence-electron chi connectivity index (χ2n) is 13.2. The Balaban J connectivity index is 1.28. The molecule has 1 aliphatic heterocycles. The van der Waals surface area contributed by atoms with E-state index >= 15 is 0 Å². The first-order valence-corrected chi connectivity index (χ1v) is 14.0. The van der Waals surface area contributed by atoms with Gasteiger partial charge in [-0.1, -0.05) is 6.07 Å². The fraction of sp³-hybridized carbons (Fsp3) is 0.655. The number of hydrogen-bond acceptors (Lipinski definition) is 8. The van der Waals surface area contributed by atoms with Gasteiger partial charge in [0.1, 0.15) is 17.0 Å². The number of pyridine rings is 1. The monoisotopic (exact) mass is 539 g/mol. The van der Waals surface area contributed by atoms with E-state index in [1.165, 1.54) is 0 Å². The number of β-amino-alcohol motifs (C(OH)–C–C–N with tert-alkyl or cyclic N) is 1. The number of aliphatic hydroxyl groups is 1. The minimum atomic E-state index is -0.717. The number of nitrogens with zero attached hydrogens (tertiary/aromatic N) is 5. The van der Waals surface area contributed by atoms with Crippen LogP contribution in [0.25, 0.3) is 11.3 Å². The Morgan fingerprint density at radius 2 is 1.64 bits per heavy atom. The van der Waals surface area contributed by atoms with Gasteiger partial charge in [0.15, 0.2) is 0 Å². The quantitative estimate of drug-likeness (QED) is 0.538. The van der Waals surface area contributed by atoms with E-state index < -0.39 is 23.4 Å². The highest BCUT2D eigenvalue weighted by Crippen LogP contribution is 2.46. The molecule has 2 aliphatic carbocycles. The Bertz CT molecular complexity index is 1190. The molecule has 0 unspecified atom stereocenters.